The van der Waals surface area contributed by atoms with Gasteiger partial charge in [0.15, 0.2) is 0 Å². The molecule has 0 spiro atoms. The first kappa shape index (κ1) is 27.9. The molecule has 35 heavy (non-hydrogen) atoms. The van der Waals surface area contributed by atoms with Crippen molar-refractivity contribution in [3.8, 4) is 0 Å². The molecule has 2 rings (SSSR count). The van der Waals surface area contributed by atoms with Crippen LogP contribution in [-0.2, 0) is 19.5 Å². The van der Waals surface area contributed by atoms with E-state index >= 15 is 0 Å². The molecular formula is C24H31N3O7S. The highest BCUT2D eigenvalue weighted by molar-refractivity contribution is 7.90. The molecule has 0 saturated carbocycles. The van der Waals surface area contributed by atoms with Crippen molar-refractivity contribution in [2.75, 3.05) is 19.8 Å². The van der Waals surface area contributed by atoms with Crippen molar-refractivity contribution >= 4 is 27.8 Å². The van der Waals surface area contributed by atoms with Crippen LogP contribution in [0.15, 0.2) is 47.5 Å². The lowest BCUT2D eigenvalue weighted by atomic mass is 10.2. The normalized spacial score (nSPS) is 11.2. The SMILES string of the molecule is CCOCCCNC(=O)c1ccc(S(=O)(=O)NC(=O)c2ccc(C(=O)OC(CC)CC)nc2)cc1. The van der Waals surface area contributed by atoms with Gasteiger partial charge in [0.05, 0.1) is 10.5 Å². The minimum atomic E-state index is -4.19. The second-order valence-corrected chi connectivity index (χ2v) is 9.22. The summed E-state index contributed by atoms with van der Waals surface area (Å²) in [4.78, 5) is 40.5. The van der Waals surface area contributed by atoms with Gasteiger partial charge >= 0.3 is 5.97 Å². The number of ether oxygens (including phenoxy) is 2. The van der Waals surface area contributed by atoms with Gasteiger partial charge in [0.2, 0.25) is 0 Å². The molecule has 0 saturated heterocycles. The van der Waals surface area contributed by atoms with Gasteiger partial charge in [-0.1, -0.05) is 13.8 Å². The Hall–Kier alpha value is -3.31. The lowest BCUT2D eigenvalue weighted by molar-refractivity contribution is 0.0277. The zero-order chi connectivity index (χ0) is 25.8. The van der Waals surface area contributed by atoms with Crippen LogP contribution in [0.4, 0.5) is 0 Å². The largest absolute Gasteiger partial charge is 0.458 e. The van der Waals surface area contributed by atoms with E-state index in [1.54, 1.807) is 0 Å². The molecule has 2 amide bonds. The van der Waals surface area contributed by atoms with E-state index in [9.17, 15) is 22.8 Å². The van der Waals surface area contributed by atoms with Crippen molar-refractivity contribution in [3.63, 3.8) is 0 Å². The number of amides is 2. The van der Waals surface area contributed by atoms with E-state index in [0.717, 1.165) is 6.20 Å². The first-order valence-electron chi connectivity index (χ1n) is 11.4. The second kappa shape index (κ2) is 13.5. The molecule has 1 aromatic carbocycles. The molecule has 10 nitrogen and oxygen atoms in total. The molecule has 0 aliphatic rings. The van der Waals surface area contributed by atoms with Crippen molar-refractivity contribution in [2.24, 2.45) is 0 Å². The Bertz CT molecular complexity index is 1100. The Labute approximate surface area is 205 Å². The van der Waals surface area contributed by atoms with Crippen LogP contribution in [-0.4, -0.2) is 57.0 Å². The van der Waals surface area contributed by atoms with Gasteiger partial charge in [-0.3, -0.25) is 9.59 Å². The van der Waals surface area contributed by atoms with E-state index in [4.69, 9.17) is 9.47 Å². The molecule has 1 heterocycles. The predicted octanol–water partition coefficient (Wildman–Crippen LogP) is 2.70. The van der Waals surface area contributed by atoms with Gasteiger partial charge in [-0.05, 0) is 62.6 Å². The van der Waals surface area contributed by atoms with Crippen molar-refractivity contribution < 1.29 is 32.3 Å². The standard InChI is InChI=1S/C24H31N3O7S/c1-4-19(5-2)34-24(30)21-13-10-18(16-26-21)23(29)27-35(31,32)20-11-8-17(9-12-20)22(28)25-14-7-15-33-6-3/h8-13,16,19H,4-7,14-15H2,1-3H3,(H,25,28)(H,27,29). The quantitative estimate of drug-likeness (QED) is 0.313. The van der Waals surface area contributed by atoms with Gasteiger partial charge < -0.3 is 14.8 Å². The number of hydrogen-bond donors (Lipinski definition) is 2. The Balaban J connectivity index is 1.98. The first-order valence-corrected chi connectivity index (χ1v) is 12.9. The molecule has 0 aliphatic carbocycles. The maximum absolute atomic E-state index is 12.6. The van der Waals surface area contributed by atoms with Crippen LogP contribution in [0, 0.1) is 0 Å². The average Bonchev–Trinajstić information content (AvgIpc) is 2.86. The predicted molar refractivity (Wildman–Crippen MR) is 129 cm³/mol. The fraction of sp³-hybridized carbons (Fsp3) is 0.417. The fourth-order valence-electron chi connectivity index (χ4n) is 2.96. The van der Waals surface area contributed by atoms with Crippen LogP contribution in [0.2, 0.25) is 0 Å². The third kappa shape index (κ3) is 8.45. The number of pyridine rings is 1. The second-order valence-electron chi connectivity index (χ2n) is 7.54. The van der Waals surface area contributed by atoms with Crippen LogP contribution in [0.3, 0.4) is 0 Å². The summed E-state index contributed by atoms with van der Waals surface area (Å²) in [6, 6.07) is 7.78. The van der Waals surface area contributed by atoms with E-state index in [2.05, 4.69) is 10.3 Å². The van der Waals surface area contributed by atoms with E-state index in [0.29, 0.717) is 39.0 Å². The van der Waals surface area contributed by atoms with Gasteiger partial charge in [0, 0.05) is 31.5 Å². The fourth-order valence-corrected chi connectivity index (χ4v) is 3.94. The molecule has 0 bridgehead atoms. The van der Waals surface area contributed by atoms with Crippen molar-refractivity contribution in [1.29, 1.82) is 0 Å². The van der Waals surface area contributed by atoms with Crippen molar-refractivity contribution in [1.82, 2.24) is 15.0 Å². The number of carbonyl (C=O) groups excluding carboxylic acids is 3. The number of carbonyl (C=O) groups is 3. The zero-order valence-electron chi connectivity index (χ0n) is 20.1. The molecule has 0 atom stereocenters. The smallest absolute Gasteiger partial charge is 0.357 e. The summed E-state index contributed by atoms with van der Waals surface area (Å²) in [5.74, 6) is -1.87. The summed E-state index contributed by atoms with van der Waals surface area (Å²) < 4.78 is 37.6. The molecule has 0 unspecified atom stereocenters. The highest BCUT2D eigenvalue weighted by atomic mass is 32.2. The number of benzene rings is 1. The number of nitrogens with zero attached hydrogens (tertiary/aromatic N) is 1. The monoisotopic (exact) mass is 505 g/mol. The Kier molecular flexibility index (Phi) is 10.8. The van der Waals surface area contributed by atoms with Gasteiger partial charge in [-0.15, -0.1) is 0 Å². The third-order valence-electron chi connectivity index (χ3n) is 5.03. The molecule has 2 N–H and O–H groups in total. The van der Waals surface area contributed by atoms with Crippen LogP contribution in [0.5, 0.6) is 0 Å². The molecule has 0 aliphatic heterocycles. The van der Waals surface area contributed by atoms with Gasteiger partial charge in [0.25, 0.3) is 21.8 Å². The third-order valence-corrected chi connectivity index (χ3v) is 6.38. The van der Waals surface area contributed by atoms with Crippen molar-refractivity contribution in [2.45, 2.75) is 51.0 Å². The van der Waals surface area contributed by atoms with Crippen LogP contribution >= 0.6 is 0 Å². The highest BCUT2D eigenvalue weighted by Crippen LogP contribution is 2.13. The number of hydrogen-bond acceptors (Lipinski definition) is 8. The molecule has 190 valence electrons. The van der Waals surface area contributed by atoms with Crippen LogP contribution in [0.1, 0.15) is 71.2 Å². The average molecular weight is 506 g/mol. The maximum Gasteiger partial charge on any atom is 0.357 e. The summed E-state index contributed by atoms with van der Waals surface area (Å²) in [6.45, 7) is 7.26. The van der Waals surface area contributed by atoms with E-state index in [-0.39, 0.29) is 33.7 Å². The Morgan fingerprint density at radius 2 is 1.60 bits per heavy atom. The molecule has 2 aromatic rings. The molecule has 11 heteroatoms. The van der Waals surface area contributed by atoms with Crippen molar-refractivity contribution in [3.05, 3.63) is 59.4 Å². The summed E-state index contributed by atoms with van der Waals surface area (Å²) in [5.41, 5.74) is 0.255. The number of aromatic nitrogens is 1. The molecule has 0 fully saturated rings. The minimum absolute atomic E-state index is 0.0167. The molecule has 1 aromatic heterocycles. The number of sulfonamides is 1. The van der Waals surface area contributed by atoms with Gasteiger partial charge in [-0.2, -0.15) is 0 Å². The van der Waals surface area contributed by atoms with E-state index in [1.807, 2.05) is 25.5 Å². The zero-order valence-corrected chi connectivity index (χ0v) is 20.9. The summed E-state index contributed by atoms with van der Waals surface area (Å²) in [6.07, 6.45) is 2.87. The molecule has 0 radical (unpaired) electrons. The Morgan fingerprint density at radius 1 is 0.943 bits per heavy atom. The van der Waals surface area contributed by atoms with Gasteiger partial charge in [0.1, 0.15) is 11.8 Å². The van der Waals surface area contributed by atoms with E-state index < -0.39 is 21.9 Å². The summed E-state index contributed by atoms with van der Waals surface area (Å²) in [7, 11) is -4.19. The first-order chi connectivity index (χ1) is 16.7. The number of nitrogens with one attached hydrogen (secondary N) is 2. The van der Waals surface area contributed by atoms with E-state index in [1.165, 1.54) is 36.4 Å². The number of esters is 1. The summed E-state index contributed by atoms with van der Waals surface area (Å²) >= 11 is 0. The van der Waals surface area contributed by atoms with Gasteiger partial charge in [-0.25, -0.2) is 22.9 Å². The lowest BCUT2D eigenvalue weighted by Gasteiger charge is -2.13. The maximum atomic E-state index is 12.6. The minimum Gasteiger partial charge on any atom is -0.458 e. The molecular weight excluding hydrogens is 474 g/mol. The van der Waals surface area contributed by atoms with Crippen LogP contribution < -0.4 is 10.0 Å². The topological polar surface area (TPSA) is 141 Å². The number of rotatable bonds is 13. The Morgan fingerprint density at radius 3 is 2.17 bits per heavy atom. The highest BCUT2D eigenvalue weighted by Gasteiger charge is 2.21. The lowest BCUT2D eigenvalue weighted by Crippen LogP contribution is -2.31. The summed E-state index contributed by atoms with van der Waals surface area (Å²) in [5, 5.41) is 2.72. The van der Waals surface area contributed by atoms with Crippen LogP contribution in [0.25, 0.3) is 0 Å².